The molecule has 0 aromatic carbocycles. The van der Waals surface area contributed by atoms with Crippen LogP contribution >= 0.6 is 0 Å². The van der Waals surface area contributed by atoms with Crippen LogP contribution in [0.25, 0.3) is 0 Å². The quantitative estimate of drug-likeness (QED) is 0.692. The van der Waals surface area contributed by atoms with Gasteiger partial charge in [0.05, 0.1) is 0 Å². The van der Waals surface area contributed by atoms with Crippen molar-refractivity contribution in [1.29, 1.82) is 0 Å². The van der Waals surface area contributed by atoms with E-state index in [1.807, 2.05) is 6.92 Å². The lowest BCUT2D eigenvalue weighted by molar-refractivity contribution is 0.165. The van der Waals surface area contributed by atoms with Gasteiger partial charge in [-0.3, -0.25) is 0 Å². The largest absolute Gasteiger partial charge is 0.396 e. The molecule has 2 rings (SSSR count). The predicted octanol–water partition coefficient (Wildman–Crippen LogP) is -0.639. The first-order valence-corrected chi connectivity index (χ1v) is 10.0. The maximum Gasteiger partial charge on any atom is 0.281 e. The van der Waals surface area contributed by atoms with Gasteiger partial charge in [0.1, 0.15) is 0 Å². The first-order valence-electron chi connectivity index (χ1n) is 8.61. The van der Waals surface area contributed by atoms with Crippen molar-refractivity contribution in [3.63, 3.8) is 0 Å². The van der Waals surface area contributed by atoms with Gasteiger partial charge in [0.2, 0.25) is 0 Å². The van der Waals surface area contributed by atoms with Gasteiger partial charge in [-0.25, -0.2) is 0 Å². The minimum absolute atomic E-state index is 0.0380. The average molecular weight is 349 g/mol. The van der Waals surface area contributed by atoms with Crippen LogP contribution in [0.2, 0.25) is 0 Å². The smallest absolute Gasteiger partial charge is 0.281 e. The normalized spacial score (nSPS) is 29.3. The van der Waals surface area contributed by atoms with Gasteiger partial charge in [-0.15, -0.1) is 0 Å². The third kappa shape index (κ3) is 4.64. The summed E-state index contributed by atoms with van der Waals surface area (Å²) >= 11 is 0. The Hall–Kier alpha value is -0.250. The van der Waals surface area contributed by atoms with Crippen molar-refractivity contribution in [2.45, 2.75) is 13.3 Å². The Bertz CT molecular complexity index is 473. The molecule has 23 heavy (non-hydrogen) atoms. The molecule has 2 fully saturated rings. The summed E-state index contributed by atoms with van der Waals surface area (Å²) in [6.07, 6.45) is 1.15. The van der Waals surface area contributed by atoms with Gasteiger partial charge in [-0.05, 0) is 32.5 Å². The van der Waals surface area contributed by atoms with Gasteiger partial charge in [0, 0.05) is 58.8 Å². The van der Waals surface area contributed by atoms with Crippen LogP contribution in [0, 0.1) is 11.8 Å². The Labute approximate surface area is 141 Å². The highest BCUT2D eigenvalue weighted by Crippen LogP contribution is 2.27. The summed E-state index contributed by atoms with van der Waals surface area (Å²) in [6, 6.07) is 0. The predicted molar refractivity (Wildman–Crippen MR) is 91.4 cm³/mol. The fourth-order valence-corrected chi connectivity index (χ4v) is 4.95. The number of hydrogen-bond donors (Lipinski definition) is 1. The molecule has 2 atom stereocenters. The average Bonchev–Trinajstić information content (AvgIpc) is 2.84. The first-order chi connectivity index (χ1) is 10.9. The van der Waals surface area contributed by atoms with E-state index >= 15 is 0 Å². The third-order valence-electron chi connectivity index (χ3n) is 5.25. The van der Waals surface area contributed by atoms with Gasteiger partial charge in [-0.2, -0.15) is 17.0 Å². The van der Waals surface area contributed by atoms with Gasteiger partial charge < -0.3 is 14.9 Å². The molecule has 0 spiro atoms. The summed E-state index contributed by atoms with van der Waals surface area (Å²) in [7, 11) is 0.363. The van der Waals surface area contributed by atoms with E-state index in [9.17, 15) is 13.5 Å². The van der Waals surface area contributed by atoms with Crippen molar-refractivity contribution in [2.75, 3.05) is 73.1 Å². The zero-order valence-electron chi connectivity index (χ0n) is 14.7. The third-order valence-corrected chi connectivity index (χ3v) is 7.24. The van der Waals surface area contributed by atoms with E-state index in [2.05, 4.69) is 16.8 Å². The molecule has 0 amide bonds. The summed E-state index contributed by atoms with van der Waals surface area (Å²) in [5.74, 6) is 0.249. The lowest BCUT2D eigenvalue weighted by Gasteiger charge is -2.26. The Balaban J connectivity index is 1.99. The molecule has 2 heterocycles. The lowest BCUT2D eigenvalue weighted by Crippen LogP contribution is -2.41. The number of likely N-dealkylation sites (N-methyl/N-ethyl adjacent to an activating group) is 1. The molecule has 2 aliphatic heterocycles. The van der Waals surface area contributed by atoms with Crippen LogP contribution in [0.5, 0.6) is 0 Å². The molecule has 136 valence electrons. The highest BCUT2D eigenvalue weighted by molar-refractivity contribution is 7.86. The Morgan fingerprint density at radius 1 is 1.13 bits per heavy atom. The monoisotopic (exact) mass is 348 g/mol. The van der Waals surface area contributed by atoms with Crippen LogP contribution < -0.4 is 0 Å². The van der Waals surface area contributed by atoms with E-state index in [1.54, 1.807) is 11.4 Å². The summed E-state index contributed by atoms with van der Waals surface area (Å²) < 4.78 is 27.9. The highest BCUT2D eigenvalue weighted by Gasteiger charge is 2.40. The fraction of sp³-hybridized carbons (Fsp3) is 1.00. The molecular formula is C15H32N4O3S. The maximum absolute atomic E-state index is 12.5. The second kappa shape index (κ2) is 8.22. The number of aliphatic hydroxyl groups excluding tert-OH is 1. The van der Waals surface area contributed by atoms with E-state index < -0.39 is 10.2 Å². The molecule has 7 nitrogen and oxygen atoms in total. The highest BCUT2D eigenvalue weighted by atomic mass is 32.2. The molecule has 0 unspecified atom stereocenters. The van der Waals surface area contributed by atoms with Crippen molar-refractivity contribution in [3.05, 3.63) is 0 Å². The van der Waals surface area contributed by atoms with Crippen molar-refractivity contribution in [3.8, 4) is 0 Å². The van der Waals surface area contributed by atoms with Crippen molar-refractivity contribution >= 4 is 10.2 Å². The summed E-state index contributed by atoms with van der Waals surface area (Å²) in [5, 5.41) is 9.68. The summed E-state index contributed by atoms with van der Waals surface area (Å²) in [5.41, 5.74) is 0. The Morgan fingerprint density at radius 3 is 2.48 bits per heavy atom. The molecule has 2 saturated heterocycles. The molecule has 0 aromatic rings. The lowest BCUT2D eigenvalue weighted by atomic mass is 9.96. The first kappa shape index (κ1) is 19.1. The van der Waals surface area contributed by atoms with Gasteiger partial charge in [-0.1, -0.05) is 6.92 Å². The van der Waals surface area contributed by atoms with E-state index in [0.29, 0.717) is 19.6 Å². The fourth-order valence-electron chi connectivity index (χ4n) is 3.47. The molecule has 8 heteroatoms. The zero-order valence-corrected chi connectivity index (χ0v) is 15.5. The van der Waals surface area contributed by atoms with Crippen LogP contribution in [-0.4, -0.2) is 105 Å². The molecule has 0 radical (unpaired) electrons. The SMILES string of the molecule is CCN(C)S(=O)(=O)N1C[C@@H](CN2CCCN(C)CC2)[C@@H](CO)C1. The number of nitrogens with zero attached hydrogens (tertiary/aromatic N) is 4. The van der Waals surface area contributed by atoms with Crippen LogP contribution in [0.4, 0.5) is 0 Å². The van der Waals surface area contributed by atoms with Crippen LogP contribution in [0.15, 0.2) is 0 Å². The minimum Gasteiger partial charge on any atom is -0.396 e. The maximum atomic E-state index is 12.5. The van der Waals surface area contributed by atoms with Gasteiger partial charge >= 0.3 is 0 Å². The van der Waals surface area contributed by atoms with E-state index in [0.717, 1.165) is 39.1 Å². The topological polar surface area (TPSA) is 67.3 Å². The standard InChI is InChI=1S/C15H32N4O3S/c1-4-17(3)23(21,22)19-11-14(15(12-19)13-20)10-18-7-5-6-16(2)8-9-18/h14-15,20H,4-13H2,1-3H3/t14-,15-/m1/s1. The second-order valence-electron chi connectivity index (χ2n) is 6.90. The second-order valence-corrected chi connectivity index (χ2v) is 8.93. The van der Waals surface area contributed by atoms with E-state index in [-0.39, 0.29) is 18.4 Å². The molecular weight excluding hydrogens is 316 g/mol. The minimum atomic E-state index is -3.39. The molecule has 0 aliphatic carbocycles. The van der Waals surface area contributed by atoms with Gasteiger partial charge in [0.25, 0.3) is 10.2 Å². The number of aliphatic hydroxyl groups is 1. The van der Waals surface area contributed by atoms with Crippen LogP contribution in [0.1, 0.15) is 13.3 Å². The molecule has 0 bridgehead atoms. The summed E-state index contributed by atoms with van der Waals surface area (Å²) in [6.45, 7) is 8.43. The molecule has 2 aliphatic rings. The van der Waals surface area contributed by atoms with Gasteiger partial charge in [0.15, 0.2) is 0 Å². The Morgan fingerprint density at radius 2 is 1.83 bits per heavy atom. The van der Waals surface area contributed by atoms with Crippen molar-refractivity contribution in [1.82, 2.24) is 18.4 Å². The number of hydrogen-bond acceptors (Lipinski definition) is 5. The van der Waals surface area contributed by atoms with Crippen molar-refractivity contribution in [2.24, 2.45) is 11.8 Å². The molecule has 0 saturated carbocycles. The summed E-state index contributed by atoms with van der Waals surface area (Å²) in [4.78, 5) is 4.77. The van der Waals surface area contributed by atoms with Crippen molar-refractivity contribution < 1.29 is 13.5 Å². The van der Waals surface area contributed by atoms with E-state index in [1.165, 1.54) is 4.31 Å². The number of rotatable bonds is 6. The molecule has 1 N–H and O–H groups in total. The zero-order chi connectivity index (χ0) is 17.0. The van der Waals surface area contributed by atoms with E-state index in [4.69, 9.17) is 0 Å². The van der Waals surface area contributed by atoms with Crippen LogP contribution in [0.3, 0.4) is 0 Å². The Kier molecular flexibility index (Phi) is 6.82. The molecule has 0 aromatic heterocycles. The van der Waals surface area contributed by atoms with Crippen LogP contribution in [-0.2, 0) is 10.2 Å².